The van der Waals surface area contributed by atoms with Crippen LogP contribution in [0.4, 0.5) is 5.69 Å². The molecule has 0 unspecified atom stereocenters. The van der Waals surface area contributed by atoms with Crippen LogP contribution in [0.15, 0.2) is 73.1 Å². The number of anilines is 1. The average Bonchev–Trinajstić information content (AvgIpc) is 3.14. The summed E-state index contributed by atoms with van der Waals surface area (Å²) in [7, 11) is 0. The second-order valence-corrected chi connectivity index (χ2v) is 9.18. The largest absolute Gasteiger partial charge is 0.486 e. The smallest absolute Gasteiger partial charge is 0.259 e. The number of benzene rings is 2. The molecule has 0 atom stereocenters. The number of hydrogen-bond donors (Lipinski definition) is 1. The first-order valence-corrected chi connectivity index (χ1v) is 12.4. The fourth-order valence-electron chi connectivity index (χ4n) is 4.56. The zero-order valence-electron chi connectivity index (χ0n) is 20.4. The molecule has 0 saturated carbocycles. The summed E-state index contributed by atoms with van der Waals surface area (Å²) >= 11 is 0. The number of aromatic nitrogens is 2. The summed E-state index contributed by atoms with van der Waals surface area (Å²) < 4.78 is 7.96. The molecule has 7 nitrogen and oxygen atoms in total. The Hall–Kier alpha value is -4.13. The molecule has 36 heavy (non-hydrogen) atoms. The van der Waals surface area contributed by atoms with Crippen LogP contribution in [0.25, 0.3) is 5.65 Å². The summed E-state index contributed by atoms with van der Waals surface area (Å²) in [4.78, 5) is 32.4. The number of aryl methyl sites for hydroxylation is 1. The second kappa shape index (κ2) is 10.6. The van der Waals surface area contributed by atoms with Crippen molar-refractivity contribution in [3.63, 3.8) is 0 Å². The van der Waals surface area contributed by atoms with Crippen molar-refractivity contribution < 1.29 is 14.3 Å². The lowest BCUT2D eigenvalue weighted by Crippen LogP contribution is -2.31. The molecular weight excluding hydrogens is 452 g/mol. The second-order valence-electron chi connectivity index (χ2n) is 9.18. The van der Waals surface area contributed by atoms with Crippen LogP contribution < -0.4 is 10.1 Å². The van der Waals surface area contributed by atoms with Crippen molar-refractivity contribution in [1.29, 1.82) is 0 Å². The number of rotatable bonds is 6. The molecule has 3 heterocycles. The average molecular weight is 483 g/mol. The van der Waals surface area contributed by atoms with Crippen molar-refractivity contribution in [1.82, 2.24) is 14.3 Å². The van der Waals surface area contributed by atoms with Gasteiger partial charge in [-0.05, 0) is 67.8 Å². The standard InChI is InChI=1S/C29H30N4O3/c1-21-9-8-18-33-19-24(30-27(21)33)20-36-26-11-5-4-10-25(26)28(34)31-23-14-12-22(13-15-23)29(35)32-16-6-2-3-7-17-32/h4-5,8-15,18-19H,2-3,6-7,16-17,20H2,1H3,(H,31,34). The first-order valence-electron chi connectivity index (χ1n) is 12.4. The van der Waals surface area contributed by atoms with E-state index in [2.05, 4.69) is 10.3 Å². The van der Waals surface area contributed by atoms with Gasteiger partial charge >= 0.3 is 0 Å². The highest BCUT2D eigenvalue weighted by Crippen LogP contribution is 2.22. The number of hydrogen-bond acceptors (Lipinski definition) is 4. The molecule has 4 aromatic rings. The zero-order chi connectivity index (χ0) is 24.9. The van der Waals surface area contributed by atoms with Gasteiger partial charge in [-0.1, -0.05) is 31.0 Å². The topological polar surface area (TPSA) is 75.9 Å². The Morgan fingerprint density at radius 1 is 0.944 bits per heavy atom. The lowest BCUT2D eigenvalue weighted by molar-refractivity contribution is 0.0761. The van der Waals surface area contributed by atoms with Gasteiger partial charge in [-0.25, -0.2) is 4.98 Å². The first-order chi connectivity index (χ1) is 17.6. The molecule has 2 amide bonds. The summed E-state index contributed by atoms with van der Waals surface area (Å²) in [5.74, 6) is 0.260. The van der Waals surface area contributed by atoms with Crippen LogP contribution in [0.3, 0.4) is 0 Å². The van der Waals surface area contributed by atoms with Gasteiger partial charge in [0.05, 0.1) is 11.3 Å². The number of ether oxygens (including phenoxy) is 1. The molecule has 0 aliphatic carbocycles. The van der Waals surface area contributed by atoms with Crippen LogP contribution in [-0.2, 0) is 6.61 Å². The van der Waals surface area contributed by atoms with Gasteiger partial charge in [-0.3, -0.25) is 9.59 Å². The number of nitrogens with zero attached hydrogens (tertiary/aromatic N) is 3. The number of imidazole rings is 1. The third kappa shape index (κ3) is 5.25. The summed E-state index contributed by atoms with van der Waals surface area (Å²) in [5, 5.41) is 2.92. The molecule has 7 heteroatoms. The number of pyridine rings is 1. The fraction of sp³-hybridized carbons (Fsp3) is 0.276. The number of fused-ring (bicyclic) bond motifs is 1. The van der Waals surface area contributed by atoms with Gasteiger partial charge in [0.15, 0.2) is 0 Å². The highest BCUT2D eigenvalue weighted by atomic mass is 16.5. The van der Waals surface area contributed by atoms with E-state index in [1.54, 1.807) is 42.5 Å². The van der Waals surface area contributed by atoms with Crippen LogP contribution in [0.5, 0.6) is 5.75 Å². The molecule has 2 aromatic carbocycles. The lowest BCUT2D eigenvalue weighted by Gasteiger charge is -2.20. The fourth-order valence-corrected chi connectivity index (χ4v) is 4.56. The van der Waals surface area contributed by atoms with Gasteiger partial charge in [-0.2, -0.15) is 0 Å². The van der Waals surface area contributed by atoms with Crippen molar-refractivity contribution in [2.24, 2.45) is 0 Å². The van der Waals surface area contributed by atoms with Crippen molar-refractivity contribution in [2.75, 3.05) is 18.4 Å². The van der Waals surface area contributed by atoms with Gasteiger partial charge in [0.1, 0.15) is 18.0 Å². The molecule has 2 aromatic heterocycles. The third-order valence-electron chi connectivity index (χ3n) is 6.52. The Balaban J connectivity index is 1.24. The minimum atomic E-state index is -0.275. The van der Waals surface area contributed by atoms with Crippen LogP contribution in [-0.4, -0.2) is 39.2 Å². The maximum absolute atomic E-state index is 13.1. The number of likely N-dealkylation sites (tertiary alicyclic amines) is 1. The Labute approximate surface area is 210 Å². The quantitative estimate of drug-likeness (QED) is 0.394. The molecular formula is C29H30N4O3. The molecule has 1 saturated heterocycles. The number of carbonyl (C=O) groups excluding carboxylic acids is 2. The lowest BCUT2D eigenvalue weighted by atomic mass is 10.1. The third-order valence-corrected chi connectivity index (χ3v) is 6.52. The Morgan fingerprint density at radius 2 is 1.69 bits per heavy atom. The van der Waals surface area contributed by atoms with Crippen molar-refractivity contribution >= 4 is 23.1 Å². The van der Waals surface area contributed by atoms with E-state index in [0.29, 0.717) is 22.6 Å². The van der Waals surface area contributed by atoms with Crippen LogP contribution >= 0.6 is 0 Å². The van der Waals surface area contributed by atoms with Crippen LogP contribution in [0, 0.1) is 6.92 Å². The monoisotopic (exact) mass is 482 g/mol. The molecule has 1 fully saturated rings. The van der Waals surface area contributed by atoms with Gasteiger partial charge in [0.25, 0.3) is 11.8 Å². The van der Waals surface area contributed by atoms with Crippen molar-refractivity contribution in [3.05, 3.63) is 95.4 Å². The van der Waals surface area contributed by atoms with E-state index in [1.165, 1.54) is 12.8 Å². The number of carbonyl (C=O) groups is 2. The van der Waals surface area contributed by atoms with E-state index in [0.717, 1.165) is 42.8 Å². The maximum Gasteiger partial charge on any atom is 0.259 e. The summed E-state index contributed by atoms with van der Waals surface area (Å²) in [6, 6.07) is 18.2. The van der Waals surface area contributed by atoms with E-state index in [4.69, 9.17) is 4.74 Å². The van der Waals surface area contributed by atoms with E-state index >= 15 is 0 Å². The molecule has 0 spiro atoms. The molecule has 184 valence electrons. The van der Waals surface area contributed by atoms with Crippen molar-refractivity contribution in [2.45, 2.75) is 39.2 Å². The predicted molar refractivity (Wildman–Crippen MR) is 139 cm³/mol. The normalized spacial score (nSPS) is 13.9. The van der Waals surface area contributed by atoms with Gasteiger partial charge in [-0.15, -0.1) is 0 Å². The Kier molecular flexibility index (Phi) is 6.98. The van der Waals surface area contributed by atoms with Crippen LogP contribution in [0.2, 0.25) is 0 Å². The number of amides is 2. The predicted octanol–water partition coefficient (Wildman–Crippen LogP) is 5.49. The van der Waals surface area contributed by atoms with Crippen molar-refractivity contribution in [3.8, 4) is 5.75 Å². The number of nitrogens with one attached hydrogen (secondary N) is 1. The SMILES string of the molecule is Cc1cccn2cc(COc3ccccc3C(=O)Nc3ccc(C(=O)N4CCCCCC4)cc3)nc12. The minimum Gasteiger partial charge on any atom is -0.486 e. The molecule has 0 bridgehead atoms. The minimum absolute atomic E-state index is 0.0515. The van der Waals surface area contributed by atoms with Gasteiger partial charge < -0.3 is 19.4 Å². The summed E-state index contributed by atoms with van der Waals surface area (Å²) in [6.07, 6.45) is 8.35. The molecule has 1 aliphatic rings. The van der Waals surface area contributed by atoms with Gasteiger partial charge in [0, 0.05) is 36.7 Å². The summed E-state index contributed by atoms with van der Waals surface area (Å²) in [5.41, 5.74) is 4.45. The molecule has 5 rings (SSSR count). The highest BCUT2D eigenvalue weighted by Gasteiger charge is 2.18. The maximum atomic E-state index is 13.1. The Morgan fingerprint density at radius 3 is 2.44 bits per heavy atom. The Bertz CT molecular complexity index is 1370. The van der Waals surface area contributed by atoms with E-state index < -0.39 is 0 Å². The first kappa shape index (κ1) is 23.6. The van der Waals surface area contributed by atoms with E-state index in [1.807, 2.05) is 46.8 Å². The highest BCUT2D eigenvalue weighted by molar-refractivity contribution is 6.06. The molecule has 1 aliphatic heterocycles. The molecule has 0 radical (unpaired) electrons. The number of para-hydroxylation sites is 1. The molecule has 1 N–H and O–H groups in total. The zero-order valence-corrected chi connectivity index (χ0v) is 20.4. The van der Waals surface area contributed by atoms with E-state index in [-0.39, 0.29) is 18.4 Å². The van der Waals surface area contributed by atoms with E-state index in [9.17, 15) is 9.59 Å². The van der Waals surface area contributed by atoms with Crippen LogP contribution in [0.1, 0.15) is 57.7 Å². The summed E-state index contributed by atoms with van der Waals surface area (Å²) in [6.45, 7) is 3.88. The van der Waals surface area contributed by atoms with Gasteiger partial charge in [0.2, 0.25) is 0 Å².